The summed E-state index contributed by atoms with van der Waals surface area (Å²) in [6, 6.07) is 14.2. The fourth-order valence-electron chi connectivity index (χ4n) is 2.32. The van der Waals surface area contributed by atoms with Crippen molar-refractivity contribution in [2.75, 3.05) is 0 Å². The van der Waals surface area contributed by atoms with E-state index in [1.165, 1.54) is 11.1 Å². The van der Waals surface area contributed by atoms with Crippen molar-refractivity contribution in [2.45, 2.75) is 32.2 Å². The number of nitrogens with two attached hydrogens (primary N) is 1. The van der Waals surface area contributed by atoms with Crippen molar-refractivity contribution in [1.82, 2.24) is 0 Å². The van der Waals surface area contributed by atoms with E-state index < -0.39 is 0 Å². The van der Waals surface area contributed by atoms with Gasteiger partial charge in [0.25, 0.3) is 0 Å². The van der Waals surface area contributed by atoms with Crippen molar-refractivity contribution in [3.05, 3.63) is 69.2 Å². The number of aryl methyl sites for hydroxylation is 2. The van der Waals surface area contributed by atoms with Crippen LogP contribution in [0.5, 0.6) is 0 Å². The van der Waals surface area contributed by atoms with E-state index in [0.717, 1.165) is 24.8 Å². The minimum Gasteiger partial charge on any atom is -0.327 e. The van der Waals surface area contributed by atoms with Gasteiger partial charge in [-0.3, -0.25) is 0 Å². The zero-order valence-electron chi connectivity index (χ0n) is 11.6. The Hall–Kier alpha value is -1.02. The standard InChI is InChI=1S/C17H19Cl2N/c1-12-5-2-3-6-13(12)9-10-15(20)11-14-7-4-8-16(18)17(14)19/h2-8,15H,9-11,20H2,1H3. The van der Waals surface area contributed by atoms with Crippen molar-refractivity contribution in [1.29, 1.82) is 0 Å². The summed E-state index contributed by atoms with van der Waals surface area (Å²) < 4.78 is 0. The van der Waals surface area contributed by atoms with Crippen LogP contribution >= 0.6 is 23.2 Å². The van der Waals surface area contributed by atoms with E-state index >= 15 is 0 Å². The minimum atomic E-state index is 0.0885. The molecular weight excluding hydrogens is 289 g/mol. The van der Waals surface area contributed by atoms with Crippen LogP contribution in [0.4, 0.5) is 0 Å². The van der Waals surface area contributed by atoms with Crippen LogP contribution in [-0.2, 0) is 12.8 Å². The molecule has 3 heteroatoms. The first-order valence-corrected chi connectivity index (χ1v) is 7.56. The lowest BCUT2D eigenvalue weighted by atomic mass is 9.97. The van der Waals surface area contributed by atoms with Crippen molar-refractivity contribution in [2.24, 2.45) is 5.73 Å². The molecule has 2 aromatic carbocycles. The van der Waals surface area contributed by atoms with Gasteiger partial charge in [-0.25, -0.2) is 0 Å². The summed E-state index contributed by atoms with van der Waals surface area (Å²) in [6.45, 7) is 2.13. The highest BCUT2D eigenvalue weighted by molar-refractivity contribution is 6.42. The molecule has 0 radical (unpaired) electrons. The zero-order valence-corrected chi connectivity index (χ0v) is 13.1. The van der Waals surface area contributed by atoms with Gasteiger partial charge in [0.05, 0.1) is 10.0 Å². The molecule has 1 unspecified atom stereocenters. The average Bonchev–Trinajstić information content (AvgIpc) is 2.43. The lowest BCUT2D eigenvalue weighted by Crippen LogP contribution is -2.23. The molecule has 0 fully saturated rings. The second-order valence-corrected chi connectivity index (χ2v) is 5.93. The molecule has 0 aromatic heterocycles. The summed E-state index contributed by atoms with van der Waals surface area (Å²) in [5.41, 5.74) is 9.93. The summed E-state index contributed by atoms with van der Waals surface area (Å²) in [6.07, 6.45) is 2.69. The van der Waals surface area contributed by atoms with E-state index in [4.69, 9.17) is 28.9 Å². The Labute approximate surface area is 130 Å². The molecule has 1 nitrogen and oxygen atoms in total. The maximum absolute atomic E-state index is 6.22. The Balaban J connectivity index is 1.94. The van der Waals surface area contributed by atoms with E-state index in [1.807, 2.05) is 12.1 Å². The van der Waals surface area contributed by atoms with Crippen molar-refractivity contribution in [3.8, 4) is 0 Å². The van der Waals surface area contributed by atoms with Crippen LogP contribution in [0, 0.1) is 6.92 Å². The number of rotatable bonds is 5. The van der Waals surface area contributed by atoms with Crippen LogP contribution in [-0.4, -0.2) is 6.04 Å². The second kappa shape index (κ2) is 7.12. The van der Waals surface area contributed by atoms with Gasteiger partial charge in [-0.1, -0.05) is 59.6 Å². The quantitative estimate of drug-likeness (QED) is 0.843. The average molecular weight is 308 g/mol. The number of hydrogen-bond donors (Lipinski definition) is 1. The smallest absolute Gasteiger partial charge is 0.0624 e. The summed E-state index contributed by atoms with van der Waals surface area (Å²) >= 11 is 12.2. The zero-order chi connectivity index (χ0) is 14.5. The fraction of sp³-hybridized carbons (Fsp3) is 0.294. The van der Waals surface area contributed by atoms with Gasteiger partial charge in [0, 0.05) is 6.04 Å². The van der Waals surface area contributed by atoms with Crippen molar-refractivity contribution >= 4 is 23.2 Å². The molecule has 0 saturated carbocycles. The van der Waals surface area contributed by atoms with Gasteiger partial charge >= 0.3 is 0 Å². The molecule has 20 heavy (non-hydrogen) atoms. The third-order valence-electron chi connectivity index (χ3n) is 3.56. The van der Waals surface area contributed by atoms with Gasteiger partial charge in [-0.15, -0.1) is 0 Å². The van der Waals surface area contributed by atoms with Crippen LogP contribution in [0.25, 0.3) is 0 Å². The van der Waals surface area contributed by atoms with Crippen LogP contribution in [0.2, 0.25) is 10.0 Å². The third kappa shape index (κ3) is 3.99. The Morgan fingerprint density at radius 3 is 2.45 bits per heavy atom. The van der Waals surface area contributed by atoms with Crippen LogP contribution in [0.15, 0.2) is 42.5 Å². The largest absolute Gasteiger partial charge is 0.327 e. The highest BCUT2D eigenvalue weighted by Gasteiger charge is 2.10. The molecule has 1 atom stereocenters. The van der Waals surface area contributed by atoms with Gasteiger partial charge < -0.3 is 5.73 Å². The van der Waals surface area contributed by atoms with Gasteiger partial charge in [0.1, 0.15) is 0 Å². The van der Waals surface area contributed by atoms with Crippen molar-refractivity contribution < 1.29 is 0 Å². The van der Waals surface area contributed by atoms with Crippen LogP contribution < -0.4 is 5.73 Å². The first kappa shape index (κ1) is 15.4. The summed E-state index contributed by atoms with van der Waals surface area (Å²) in [5.74, 6) is 0. The molecule has 0 spiro atoms. The molecular formula is C17H19Cl2N. The molecule has 0 aliphatic heterocycles. The molecule has 0 amide bonds. The Morgan fingerprint density at radius 2 is 1.70 bits per heavy atom. The second-order valence-electron chi connectivity index (χ2n) is 5.14. The first-order chi connectivity index (χ1) is 9.58. The van der Waals surface area contributed by atoms with Crippen LogP contribution in [0.3, 0.4) is 0 Å². The minimum absolute atomic E-state index is 0.0885. The number of benzene rings is 2. The van der Waals surface area contributed by atoms with E-state index in [0.29, 0.717) is 10.0 Å². The molecule has 0 bridgehead atoms. The molecule has 0 saturated heterocycles. The maximum atomic E-state index is 6.22. The molecule has 2 rings (SSSR count). The first-order valence-electron chi connectivity index (χ1n) is 6.81. The number of hydrogen-bond acceptors (Lipinski definition) is 1. The summed E-state index contributed by atoms with van der Waals surface area (Å²) in [4.78, 5) is 0. The van der Waals surface area contributed by atoms with Gasteiger partial charge in [0.15, 0.2) is 0 Å². The van der Waals surface area contributed by atoms with Crippen molar-refractivity contribution in [3.63, 3.8) is 0 Å². The molecule has 2 aromatic rings. The highest BCUT2D eigenvalue weighted by Crippen LogP contribution is 2.26. The SMILES string of the molecule is Cc1ccccc1CCC(N)Cc1cccc(Cl)c1Cl. The molecule has 0 aliphatic carbocycles. The molecule has 0 aliphatic rings. The van der Waals surface area contributed by atoms with Gasteiger partial charge in [-0.05, 0) is 48.9 Å². The highest BCUT2D eigenvalue weighted by atomic mass is 35.5. The number of halogens is 2. The van der Waals surface area contributed by atoms with Gasteiger partial charge in [-0.2, -0.15) is 0 Å². The third-order valence-corrected chi connectivity index (χ3v) is 4.42. The predicted molar refractivity (Wildman–Crippen MR) is 87.6 cm³/mol. The Morgan fingerprint density at radius 1 is 1.00 bits per heavy atom. The molecule has 106 valence electrons. The fourth-order valence-corrected chi connectivity index (χ4v) is 2.72. The van der Waals surface area contributed by atoms with E-state index in [9.17, 15) is 0 Å². The van der Waals surface area contributed by atoms with Gasteiger partial charge in [0.2, 0.25) is 0 Å². The predicted octanol–water partition coefficient (Wildman–Crippen LogP) is 4.80. The monoisotopic (exact) mass is 307 g/mol. The van der Waals surface area contributed by atoms with E-state index in [1.54, 1.807) is 6.07 Å². The maximum Gasteiger partial charge on any atom is 0.0624 e. The summed E-state index contributed by atoms with van der Waals surface area (Å²) in [7, 11) is 0. The molecule has 2 N–H and O–H groups in total. The van der Waals surface area contributed by atoms with E-state index in [-0.39, 0.29) is 6.04 Å². The summed E-state index contributed by atoms with van der Waals surface area (Å²) in [5, 5.41) is 1.22. The van der Waals surface area contributed by atoms with Crippen LogP contribution in [0.1, 0.15) is 23.1 Å². The molecule has 0 heterocycles. The lowest BCUT2D eigenvalue weighted by Gasteiger charge is -2.14. The Kier molecular flexibility index (Phi) is 5.47. The topological polar surface area (TPSA) is 26.0 Å². The lowest BCUT2D eigenvalue weighted by molar-refractivity contribution is 0.609. The van der Waals surface area contributed by atoms with E-state index in [2.05, 4.69) is 31.2 Å². The normalized spacial score (nSPS) is 12.4. The Bertz CT molecular complexity index is 581.